The fraction of sp³-hybridized carbons (Fsp3) is 0.304. The Bertz CT molecular complexity index is 1200. The van der Waals surface area contributed by atoms with Crippen LogP contribution >= 0.6 is 0 Å². The highest BCUT2D eigenvalue weighted by Crippen LogP contribution is 2.27. The molecular formula is C23H22N4O6. The van der Waals surface area contributed by atoms with Gasteiger partial charge in [-0.3, -0.25) is 34.2 Å². The lowest BCUT2D eigenvalue weighted by Crippen LogP contribution is -2.53. The third-order valence-electron chi connectivity index (χ3n) is 6.13. The fourth-order valence-electron chi connectivity index (χ4n) is 3.99. The highest BCUT2D eigenvalue weighted by Gasteiger charge is 2.39. The molecule has 0 spiro atoms. The molecule has 33 heavy (non-hydrogen) atoms. The van der Waals surface area contributed by atoms with E-state index in [0.717, 1.165) is 28.2 Å². The van der Waals surface area contributed by atoms with Gasteiger partial charge in [0.15, 0.2) is 0 Å². The maximum absolute atomic E-state index is 12.8. The van der Waals surface area contributed by atoms with Gasteiger partial charge in [-0.15, -0.1) is 0 Å². The number of nitrogens with zero attached hydrogens (tertiary/aromatic N) is 4. The molecular weight excluding hydrogens is 428 g/mol. The van der Waals surface area contributed by atoms with Crippen molar-refractivity contribution in [3.63, 3.8) is 0 Å². The molecule has 1 fully saturated rings. The van der Waals surface area contributed by atoms with E-state index in [-0.39, 0.29) is 35.8 Å². The summed E-state index contributed by atoms with van der Waals surface area (Å²) in [6.07, 6.45) is 0. The van der Waals surface area contributed by atoms with Crippen molar-refractivity contribution in [2.75, 3.05) is 32.7 Å². The molecule has 0 radical (unpaired) electrons. The van der Waals surface area contributed by atoms with Gasteiger partial charge >= 0.3 is 0 Å². The molecule has 2 aromatic carbocycles. The van der Waals surface area contributed by atoms with Gasteiger partial charge in [-0.05, 0) is 43.2 Å². The summed E-state index contributed by atoms with van der Waals surface area (Å²) in [4.78, 5) is 65.0. The molecule has 0 saturated carbocycles. The summed E-state index contributed by atoms with van der Waals surface area (Å²) in [5.74, 6) is -1.90. The Labute approximate surface area is 189 Å². The lowest BCUT2D eigenvalue weighted by molar-refractivity contribution is -0.384. The maximum atomic E-state index is 12.8. The Morgan fingerprint density at radius 3 is 2.15 bits per heavy atom. The van der Waals surface area contributed by atoms with E-state index < -0.39 is 29.2 Å². The molecule has 2 heterocycles. The van der Waals surface area contributed by atoms with Crippen molar-refractivity contribution in [1.82, 2.24) is 14.7 Å². The van der Waals surface area contributed by atoms with Crippen molar-refractivity contribution in [2.45, 2.75) is 13.8 Å². The third kappa shape index (κ3) is 4.07. The van der Waals surface area contributed by atoms with Gasteiger partial charge in [0.05, 0.1) is 16.1 Å². The largest absolute Gasteiger partial charge is 0.338 e. The van der Waals surface area contributed by atoms with Crippen molar-refractivity contribution in [3.8, 4) is 0 Å². The van der Waals surface area contributed by atoms with Crippen LogP contribution in [0, 0.1) is 24.0 Å². The number of piperazine rings is 1. The Balaban J connectivity index is 1.38. The Morgan fingerprint density at radius 1 is 0.879 bits per heavy atom. The summed E-state index contributed by atoms with van der Waals surface area (Å²) in [6.45, 7) is 4.71. The number of aryl methyl sites for hydroxylation is 2. The second kappa shape index (κ2) is 8.45. The van der Waals surface area contributed by atoms with Crippen LogP contribution in [0.5, 0.6) is 0 Å². The number of nitro groups is 1. The van der Waals surface area contributed by atoms with E-state index in [1.165, 1.54) is 11.0 Å². The van der Waals surface area contributed by atoms with Crippen LogP contribution in [0.4, 0.5) is 5.69 Å². The van der Waals surface area contributed by atoms with Crippen LogP contribution in [0.1, 0.15) is 42.2 Å². The zero-order chi connectivity index (χ0) is 23.9. The van der Waals surface area contributed by atoms with Crippen LogP contribution in [0.3, 0.4) is 0 Å². The zero-order valence-electron chi connectivity index (χ0n) is 18.2. The summed E-state index contributed by atoms with van der Waals surface area (Å²) in [7, 11) is 0. The number of fused-ring (bicyclic) bond motifs is 1. The molecule has 2 aromatic rings. The van der Waals surface area contributed by atoms with E-state index in [1.807, 2.05) is 26.0 Å². The lowest BCUT2D eigenvalue weighted by atomic mass is 10.1. The van der Waals surface area contributed by atoms with Crippen molar-refractivity contribution < 1.29 is 24.1 Å². The first-order valence-electron chi connectivity index (χ1n) is 10.5. The quantitative estimate of drug-likeness (QED) is 0.398. The van der Waals surface area contributed by atoms with Gasteiger partial charge < -0.3 is 9.80 Å². The molecule has 2 aliphatic heterocycles. The Morgan fingerprint density at radius 2 is 1.52 bits per heavy atom. The average Bonchev–Trinajstić information content (AvgIpc) is 3.04. The smallest absolute Gasteiger partial charge is 0.270 e. The normalized spacial score (nSPS) is 15.6. The van der Waals surface area contributed by atoms with Gasteiger partial charge in [0.2, 0.25) is 5.91 Å². The van der Waals surface area contributed by atoms with Crippen molar-refractivity contribution in [3.05, 3.63) is 74.3 Å². The van der Waals surface area contributed by atoms with E-state index >= 15 is 0 Å². The molecule has 0 aromatic heterocycles. The van der Waals surface area contributed by atoms with Crippen LogP contribution < -0.4 is 0 Å². The van der Waals surface area contributed by atoms with E-state index in [9.17, 15) is 29.3 Å². The SMILES string of the molecule is Cc1ccc(C(=O)N2CCN(C(=O)CN3C(=O)c4ccc([N+](=O)[O-])cc4C3=O)CC2)cc1C. The van der Waals surface area contributed by atoms with Crippen LogP contribution in [0.15, 0.2) is 36.4 Å². The van der Waals surface area contributed by atoms with Crippen LogP contribution in [0.2, 0.25) is 0 Å². The lowest BCUT2D eigenvalue weighted by Gasteiger charge is -2.35. The molecule has 0 aliphatic carbocycles. The molecule has 4 amide bonds. The predicted octanol–water partition coefficient (Wildman–Crippen LogP) is 1.79. The molecule has 2 aliphatic rings. The molecule has 0 bridgehead atoms. The second-order valence-electron chi connectivity index (χ2n) is 8.16. The first kappa shape index (κ1) is 22.1. The van der Waals surface area contributed by atoms with Gasteiger partial charge in [0, 0.05) is 43.9 Å². The monoisotopic (exact) mass is 450 g/mol. The summed E-state index contributed by atoms with van der Waals surface area (Å²) in [5.41, 5.74) is 2.39. The number of benzene rings is 2. The van der Waals surface area contributed by atoms with Crippen molar-refractivity contribution >= 4 is 29.3 Å². The summed E-state index contributed by atoms with van der Waals surface area (Å²) < 4.78 is 0. The number of carbonyl (C=O) groups excluding carboxylic acids is 4. The summed E-state index contributed by atoms with van der Waals surface area (Å²) in [5, 5.41) is 11.0. The first-order valence-corrected chi connectivity index (χ1v) is 10.5. The summed E-state index contributed by atoms with van der Waals surface area (Å²) in [6, 6.07) is 8.98. The Kier molecular flexibility index (Phi) is 5.67. The minimum absolute atomic E-state index is 0.0437. The van der Waals surface area contributed by atoms with E-state index in [1.54, 1.807) is 11.0 Å². The minimum Gasteiger partial charge on any atom is -0.338 e. The molecule has 1 saturated heterocycles. The molecule has 4 rings (SSSR count). The van der Waals surface area contributed by atoms with Gasteiger partial charge in [0.1, 0.15) is 6.54 Å². The van der Waals surface area contributed by atoms with E-state index in [0.29, 0.717) is 18.7 Å². The molecule has 0 unspecified atom stereocenters. The molecule has 0 N–H and O–H groups in total. The molecule has 0 atom stereocenters. The highest BCUT2D eigenvalue weighted by molar-refractivity contribution is 6.22. The average molecular weight is 450 g/mol. The number of amides is 4. The van der Waals surface area contributed by atoms with Crippen LogP contribution in [0.25, 0.3) is 0 Å². The Hall–Kier alpha value is -4.08. The van der Waals surface area contributed by atoms with Crippen molar-refractivity contribution in [1.29, 1.82) is 0 Å². The number of non-ortho nitro benzene ring substituents is 1. The number of hydrogen-bond acceptors (Lipinski definition) is 6. The van der Waals surface area contributed by atoms with Crippen LogP contribution in [-0.4, -0.2) is 76.0 Å². The number of carbonyl (C=O) groups is 4. The highest BCUT2D eigenvalue weighted by atomic mass is 16.6. The second-order valence-corrected chi connectivity index (χ2v) is 8.16. The maximum Gasteiger partial charge on any atom is 0.270 e. The molecule has 170 valence electrons. The summed E-state index contributed by atoms with van der Waals surface area (Å²) >= 11 is 0. The third-order valence-corrected chi connectivity index (χ3v) is 6.13. The number of nitro benzene ring substituents is 1. The van der Waals surface area contributed by atoms with Gasteiger partial charge in [-0.1, -0.05) is 6.07 Å². The van der Waals surface area contributed by atoms with E-state index in [4.69, 9.17) is 0 Å². The fourth-order valence-corrected chi connectivity index (χ4v) is 3.99. The van der Waals surface area contributed by atoms with Gasteiger partial charge in [-0.25, -0.2) is 0 Å². The number of imide groups is 1. The topological polar surface area (TPSA) is 121 Å². The molecule has 10 heteroatoms. The van der Waals surface area contributed by atoms with Crippen molar-refractivity contribution in [2.24, 2.45) is 0 Å². The molecule has 10 nitrogen and oxygen atoms in total. The zero-order valence-corrected chi connectivity index (χ0v) is 18.2. The standard InChI is InChI=1S/C23H22N4O6/c1-14-3-4-16(11-15(14)2)21(29)25-9-7-24(8-10-25)20(28)13-26-22(30)18-6-5-17(27(32)33)12-19(18)23(26)31/h3-6,11-12H,7-10,13H2,1-2H3. The minimum atomic E-state index is -0.726. The predicted molar refractivity (Wildman–Crippen MR) is 117 cm³/mol. The van der Waals surface area contributed by atoms with E-state index in [2.05, 4.69) is 0 Å². The number of hydrogen-bond donors (Lipinski definition) is 0. The number of rotatable bonds is 4. The van der Waals surface area contributed by atoms with Gasteiger partial charge in [0.25, 0.3) is 23.4 Å². The first-order chi connectivity index (χ1) is 15.7. The van der Waals surface area contributed by atoms with Gasteiger partial charge in [-0.2, -0.15) is 0 Å². The van der Waals surface area contributed by atoms with Crippen LogP contribution in [-0.2, 0) is 4.79 Å².